The smallest absolute Gasteiger partial charge is 0.0134 e. The molecule has 12 heavy (non-hydrogen) atoms. The summed E-state index contributed by atoms with van der Waals surface area (Å²) in [6.45, 7) is 4.32. The lowest BCUT2D eigenvalue weighted by molar-refractivity contribution is 0.485. The number of allylic oxidation sites excluding steroid dienone is 1. The summed E-state index contributed by atoms with van der Waals surface area (Å²) in [6.07, 6.45) is 11.6. The van der Waals surface area contributed by atoms with E-state index in [1.165, 1.54) is 38.6 Å². The van der Waals surface area contributed by atoms with Crippen molar-refractivity contribution in [2.45, 2.75) is 39.0 Å². The van der Waals surface area contributed by atoms with Gasteiger partial charge in [-0.25, -0.2) is 0 Å². The molecule has 0 aliphatic heterocycles. The Bertz CT molecular complexity index is 123. The zero-order valence-corrected chi connectivity index (χ0v) is 8.18. The van der Waals surface area contributed by atoms with Gasteiger partial charge in [-0.1, -0.05) is 37.8 Å². The summed E-state index contributed by atoms with van der Waals surface area (Å²) in [6, 6.07) is 0. The van der Waals surface area contributed by atoms with Gasteiger partial charge in [0.15, 0.2) is 0 Å². The molecule has 1 N–H and O–H groups in total. The van der Waals surface area contributed by atoms with E-state index >= 15 is 0 Å². The highest BCUT2D eigenvalue weighted by Crippen LogP contribution is 2.26. The second-order valence-corrected chi connectivity index (χ2v) is 3.71. The first-order valence-electron chi connectivity index (χ1n) is 5.25. The highest BCUT2D eigenvalue weighted by Gasteiger charge is 2.13. The molecule has 1 rings (SSSR count). The van der Waals surface area contributed by atoms with Gasteiger partial charge in [-0.3, -0.25) is 0 Å². The third kappa shape index (κ3) is 3.91. The lowest BCUT2D eigenvalue weighted by atomic mass is 10.0. The largest absolute Gasteiger partial charge is 0.313 e. The van der Waals surface area contributed by atoms with Gasteiger partial charge in [0, 0.05) is 6.54 Å². The zero-order chi connectivity index (χ0) is 8.65. The molecule has 1 heteroatoms. The van der Waals surface area contributed by atoms with Gasteiger partial charge in [0.25, 0.3) is 0 Å². The predicted molar refractivity (Wildman–Crippen MR) is 54.3 cm³/mol. The van der Waals surface area contributed by atoms with Crippen LogP contribution in [0.1, 0.15) is 39.0 Å². The molecule has 0 atom stereocenters. The third-order valence-electron chi connectivity index (χ3n) is 2.70. The fourth-order valence-electron chi connectivity index (χ4n) is 1.91. The molecule has 0 bridgehead atoms. The fourth-order valence-corrected chi connectivity index (χ4v) is 1.91. The van der Waals surface area contributed by atoms with Gasteiger partial charge in [0.1, 0.15) is 0 Å². The highest BCUT2D eigenvalue weighted by atomic mass is 14.8. The second-order valence-electron chi connectivity index (χ2n) is 3.71. The monoisotopic (exact) mass is 167 g/mol. The first-order valence-corrected chi connectivity index (χ1v) is 5.25. The van der Waals surface area contributed by atoms with Crippen molar-refractivity contribution in [3.8, 4) is 0 Å². The molecule has 0 radical (unpaired) electrons. The van der Waals surface area contributed by atoms with E-state index in [0.29, 0.717) is 0 Å². The first-order chi connectivity index (χ1) is 5.93. The van der Waals surface area contributed by atoms with E-state index in [1.54, 1.807) is 0 Å². The maximum atomic E-state index is 3.43. The van der Waals surface area contributed by atoms with Crippen LogP contribution in [0.4, 0.5) is 0 Å². The molecule has 0 spiro atoms. The van der Waals surface area contributed by atoms with E-state index in [2.05, 4.69) is 24.4 Å². The van der Waals surface area contributed by atoms with Crippen LogP contribution in [0.3, 0.4) is 0 Å². The Morgan fingerprint density at radius 2 is 2.08 bits per heavy atom. The minimum absolute atomic E-state index is 1.03. The quantitative estimate of drug-likeness (QED) is 0.490. The number of rotatable bonds is 5. The van der Waals surface area contributed by atoms with Gasteiger partial charge in [-0.15, -0.1) is 0 Å². The van der Waals surface area contributed by atoms with E-state index < -0.39 is 0 Å². The van der Waals surface area contributed by atoms with E-state index in [-0.39, 0.29) is 0 Å². The maximum absolute atomic E-state index is 3.43. The van der Waals surface area contributed by atoms with Crippen LogP contribution in [0.25, 0.3) is 0 Å². The molecule has 1 saturated carbocycles. The van der Waals surface area contributed by atoms with E-state index in [9.17, 15) is 0 Å². The van der Waals surface area contributed by atoms with Crippen LogP contribution in [0.15, 0.2) is 12.2 Å². The van der Waals surface area contributed by atoms with Crippen molar-refractivity contribution in [1.29, 1.82) is 0 Å². The summed E-state index contributed by atoms with van der Waals surface area (Å²) >= 11 is 0. The fraction of sp³-hybridized carbons (Fsp3) is 0.818. The normalized spacial score (nSPS) is 19.4. The molecule has 1 fully saturated rings. The van der Waals surface area contributed by atoms with Gasteiger partial charge in [-0.05, 0) is 25.8 Å². The number of hydrogen-bond donors (Lipinski definition) is 1. The summed E-state index contributed by atoms with van der Waals surface area (Å²) in [5.74, 6) is 1.03. The van der Waals surface area contributed by atoms with Crippen LogP contribution in [0.2, 0.25) is 0 Å². The molecule has 1 nitrogen and oxygen atoms in total. The molecular weight excluding hydrogens is 146 g/mol. The zero-order valence-electron chi connectivity index (χ0n) is 8.18. The molecule has 0 aromatic rings. The Kier molecular flexibility index (Phi) is 5.09. The van der Waals surface area contributed by atoms with Gasteiger partial charge in [0.05, 0.1) is 0 Å². The van der Waals surface area contributed by atoms with E-state index in [4.69, 9.17) is 0 Å². The molecule has 70 valence electrons. The van der Waals surface area contributed by atoms with E-state index in [1.807, 2.05) is 0 Å². The Morgan fingerprint density at radius 1 is 1.33 bits per heavy atom. The molecule has 0 saturated heterocycles. The van der Waals surface area contributed by atoms with Crippen LogP contribution in [0.5, 0.6) is 0 Å². The summed E-state index contributed by atoms with van der Waals surface area (Å²) in [5, 5.41) is 3.43. The number of nitrogens with one attached hydrogen (secondary N) is 1. The summed E-state index contributed by atoms with van der Waals surface area (Å²) < 4.78 is 0. The Balaban J connectivity index is 1.87. The minimum atomic E-state index is 1.03. The van der Waals surface area contributed by atoms with Gasteiger partial charge in [0.2, 0.25) is 0 Å². The molecule has 0 unspecified atom stereocenters. The van der Waals surface area contributed by atoms with Gasteiger partial charge < -0.3 is 5.32 Å². The van der Waals surface area contributed by atoms with Crippen molar-refractivity contribution < 1.29 is 0 Å². The molecule has 0 heterocycles. The molecular formula is C11H21N. The van der Waals surface area contributed by atoms with Crippen molar-refractivity contribution in [3.63, 3.8) is 0 Å². The Morgan fingerprint density at radius 3 is 2.75 bits per heavy atom. The molecule has 1 aliphatic rings. The third-order valence-corrected chi connectivity index (χ3v) is 2.70. The predicted octanol–water partition coefficient (Wildman–Crippen LogP) is 2.73. The van der Waals surface area contributed by atoms with Crippen LogP contribution in [-0.2, 0) is 0 Å². The lowest BCUT2D eigenvalue weighted by Gasteiger charge is -2.07. The number of hydrogen-bond acceptors (Lipinski definition) is 1. The molecule has 0 aromatic heterocycles. The average molecular weight is 167 g/mol. The average Bonchev–Trinajstić information content (AvgIpc) is 2.57. The van der Waals surface area contributed by atoms with Crippen molar-refractivity contribution in [3.05, 3.63) is 12.2 Å². The molecule has 0 amide bonds. The maximum Gasteiger partial charge on any atom is 0.0134 e. The van der Waals surface area contributed by atoms with Crippen LogP contribution < -0.4 is 5.32 Å². The van der Waals surface area contributed by atoms with Crippen molar-refractivity contribution in [1.82, 2.24) is 5.32 Å². The van der Waals surface area contributed by atoms with Crippen LogP contribution in [0, 0.1) is 5.92 Å². The standard InChI is InChI=1S/C11H21N/c1-2-3-9-12-10-8-11-6-4-5-7-11/h2-3,11-12H,4-10H2,1H3/b3-2+. The summed E-state index contributed by atoms with van der Waals surface area (Å²) in [7, 11) is 0. The van der Waals surface area contributed by atoms with Crippen LogP contribution in [-0.4, -0.2) is 13.1 Å². The topological polar surface area (TPSA) is 12.0 Å². The highest BCUT2D eigenvalue weighted by molar-refractivity contribution is 4.79. The van der Waals surface area contributed by atoms with Crippen molar-refractivity contribution in [2.24, 2.45) is 5.92 Å². The van der Waals surface area contributed by atoms with Gasteiger partial charge in [-0.2, -0.15) is 0 Å². The van der Waals surface area contributed by atoms with Crippen molar-refractivity contribution >= 4 is 0 Å². The first kappa shape index (κ1) is 9.79. The molecule has 1 aliphatic carbocycles. The second kappa shape index (κ2) is 6.24. The Labute approximate surface area is 76.2 Å². The lowest BCUT2D eigenvalue weighted by Crippen LogP contribution is -2.17. The minimum Gasteiger partial charge on any atom is -0.313 e. The SMILES string of the molecule is C/C=C/CNCCC1CCCC1. The van der Waals surface area contributed by atoms with Gasteiger partial charge >= 0.3 is 0 Å². The summed E-state index contributed by atoms with van der Waals surface area (Å²) in [4.78, 5) is 0. The summed E-state index contributed by atoms with van der Waals surface area (Å²) in [5.41, 5.74) is 0. The molecule has 0 aromatic carbocycles. The van der Waals surface area contributed by atoms with E-state index in [0.717, 1.165) is 12.5 Å². The van der Waals surface area contributed by atoms with Crippen molar-refractivity contribution in [2.75, 3.05) is 13.1 Å². The van der Waals surface area contributed by atoms with Crippen LogP contribution >= 0.6 is 0 Å². The Hall–Kier alpha value is -0.300.